The minimum atomic E-state index is -0.692. The Kier molecular flexibility index (Phi) is 4.94. The van der Waals surface area contributed by atoms with Crippen molar-refractivity contribution in [1.82, 2.24) is 0 Å². The van der Waals surface area contributed by atoms with Crippen molar-refractivity contribution in [2.45, 2.75) is 6.42 Å². The van der Waals surface area contributed by atoms with Gasteiger partial charge >= 0.3 is 5.97 Å². The van der Waals surface area contributed by atoms with Crippen LogP contribution in [0, 0.1) is 5.92 Å². The molecule has 0 aromatic carbocycles. The smallest absolute Gasteiger partial charge is 0.315 e. The molecule has 0 aliphatic carbocycles. The van der Waals surface area contributed by atoms with Gasteiger partial charge in [-0.15, -0.1) is 11.6 Å². The van der Waals surface area contributed by atoms with Gasteiger partial charge in [0, 0.05) is 5.88 Å². The van der Waals surface area contributed by atoms with Crippen LogP contribution in [0.1, 0.15) is 6.42 Å². The van der Waals surface area contributed by atoms with Crippen LogP contribution in [0.2, 0.25) is 0 Å². The van der Waals surface area contributed by atoms with E-state index < -0.39 is 11.9 Å². The van der Waals surface area contributed by atoms with Crippen LogP contribution in [-0.2, 0) is 14.3 Å². The van der Waals surface area contributed by atoms with E-state index in [1.807, 2.05) is 0 Å². The summed E-state index contributed by atoms with van der Waals surface area (Å²) in [5.41, 5.74) is 0. The molecule has 0 heterocycles. The maximum absolute atomic E-state index is 10.6. The van der Waals surface area contributed by atoms with E-state index in [2.05, 4.69) is 4.74 Å². The maximum Gasteiger partial charge on any atom is 0.315 e. The highest BCUT2D eigenvalue weighted by atomic mass is 35.5. The summed E-state index contributed by atoms with van der Waals surface area (Å²) < 4.78 is 4.33. The second kappa shape index (κ2) is 5.23. The average Bonchev–Trinajstić information content (AvgIpc) is 1.99. The predicted octanol–water partition coefficient (Wildman–Crippen LogP) is 0.603. The Labute approximate surface area is 64.3 Å². The van der Waals surface area contributed by atoms with Gasteiger partial charge in [-0.3, -0.25) is 4.79 Å². The van der Waals surface area contributed by atoms with Crippen LogP contribution in [0.3, 0.4) is 0 Å². The summed E-state index contributed by atoms with van der Waals surface area (Å²) in [6.45, 7) is 0. The molecule has 0 aromatic rings. The molecule has 0 rings (SSSR count). The number of aldehydes is 1. The number of hydrogen-bond donors (Lipinski definition) is 0. The quantitative estimate of drug-likeness (QED) is 0.265. The van der Waals surface area contributed by atoms with Gasteiger partial charge in [0.05, 0.1) is 7.11 Å². The third-order valence-electron chi connectivity index (χ3n) is 1.09. The van der Waals surface area contributed by atoms with Crippen molar-refractivity contribution in [2.24, 2.45) is 5.92 Å². The van der Waals surface area contributed by atoms with E-state index in [4.69, 9.17) is 11.6 Å². The molecule has 0 amide bonds. The Morgan fingerprint density at radius 3 is 2.70 bits per heavy atom. The zero-order valence-corrected chi connectivity index (χ0v) is 6.43. The first-order valence-corrected chi connectivity index (χ1v) is 3.38. The van der Waals surface area contributed by atoms with Crippen LogP contribution in [-0.4, -0.2) is 25.2 Å². The van der Waals surface area contributed by atoms with Crippen LogP contribution in [0.25, 0.3) is 0 Å². The molecule has 0 spiro atoms. The molecule has 3 nitrogen and oxygen atoms in total. The van der Waals surface area contributed by atoms with Crippen molar-refractivity contribution >= 4 is 23.9 Å². The number of halogens is 1. The molecule has 0 fully saturated rings. The van der Waals surface area contributed by atoms with Gasteiger partial charge in [-0.1, -0.05) is 0 Å². The summed E-state index contributed by atoms with van der Waals surface area (Å²) >= 11 is 5.31. The molecule has 0 aromatic heterocycles. The van der Waals surface area contributed by atoms with E-state index >= 15 is 0 Å². The van der Waals surface area contributed by atoms with Crippen molar-refractivity contribution in [2.75, 3.05) is 13.0 Å². The minimum Gasteiger partial charge on any atom is -0.468 e. The Morgan fingerprint density at radius 1 is 1.80 bits per heavy atom. The lowest BCUT2D eigenvalue weighted by atomic mass is 10.1. The Hall–Kier alpha value is -0.570. The molecule has 10 heavy (non-hydrogen) atoms. The second-order valence-electron chi connectivity index (χ2n) is 1.74. The van der Waals surface area contributed by atoms with Crippen molar-refractivity contribution in [3.8, 4) is 0 Å². The van der Waals surface area contributed by atoms with E-state index in [-0.39, 0.29) is 0 Å². The van der Waals surface area contributed by atoms with Crippen LogP contribution in [0.5, 0.6) is 0 Å². The highest BCUT2D eigenvalue weighted by molar-refractivity contribution is 6.18. The minimum absolute atomic E-state index is 0.290. The number of ether oxygens (including phenoxy) is 1. The summed E-state index contributed by atoms with van der Waals surface area (Å²) in [5.74, 6) is -0.920. The van der Waals surface area contributed by atoms with Gasteiger partial charge in [0.15, 0.2) is 0 Å². The van der Waals surface area contributed by atoms with Crippen LogP contribution < -0.4 is 0 Å². The molecule has 58 valence electrons. The Bertz CT molecular complexity index is 124. The number of carbonyl (C=O) groups is 2. The summed E-state index contributed by atoms with van der Waals surface area (Å²) in [6, 6.07) is 0. The molecule has 0 aliphatic rings. The van der Waals surface area contributed by atoms with Gasteiger partial charge in [-0.05, 0) is 6.42 Å². The van der Waals surface area contributed by atoms with Crippen molar-refractivity contribution in [3.05, 3.63) is 0 Å². The van der Waals surface area contributed by atoms with Gasteiger partial charge in [0.25, 0.3) is 0 Å². The zero-order chi connectivity index (χ0) is 7.98. The molecule has 4 heteroatoms. The van der Waals surface area contributed by atoms with Crippen molar-refractivity contribution in [1.29, 1.82) is 0 Å². The van der Waals surface area contributed by atoms with E-state index in [0.29, 0.717) is 18.6 Å². The van der Waals surface area contributed by atoms with E-state index in [1.54, 1.807) is 0 Å². The summed E-state index contributed by atoms with van der Waals surface area (Å²) in [6.07, 6.45) is 0.895. The molecule has 1 unspecified atom stereocenters. The number of carbonyl (C=O) groups excluding carboxylic acids is 2. The lowest BCUT2D eigenvalue weighted by Gasteiger charge is -2.03. The van der Waals surface area contributed by atoms with Gasteiger partial charge in [-0.25, -0.2) is 0 Å². The summed E-state index contributed by atoms with van der Waals surface area (Å²) in [7, 11) is 1.24. The topological polar surface area (TPSA) is 43.4 Å². The van der Waals surface area contributed by atoms with Gasteiger partial charge in [0.2, 0.25) is 0 Å². The molecule has 0 radical (unpaired) electrons. The lowest BCUT2D eigenvalue weighted by Crippen LogP contribution is -2.17. The van der Waals surface area contributed by atoms with Crippen LogP contribution >= 0.6 is 11.6 Å². The van der Waals surface area contributed by atoms with Crippen LogP contribution in [0.15, 0.2) is 0 Å². The highest BCUT2D eigenvalue weighted by Gasteiger charge is 2.16. The molecular formula is C6H9ClO3. The Balaban J connectivity index is 3.80. The molecule has 0 aliphatic heterocycles. The summed E-state index contributed by atoms with van der Waals surface area (Å²) in [4.78, 5) is 20.8. The third-order valence-corrected chi connectivity index (χ3v) is 1.31. The SMILES string of the molecule is COC(=O)C(C=O)CCCl. The monoisotopic (exact) mass is 164 g/mol. The number of methoxy groups -OCH3 is 1. The van der Waals surface area contributed by atoms with Crippen molar-refractivity contribution < 1.29 is 14.3 Å². The maximum atomic E-state index is 10.6. The lowest BCUT2D eigenvalue weighted by molar-refractivity contribution is -0.146. The standard InChI is InChI=1S/C6H9ClO3/c1-10-6(9)5(4-8)2-3-7/h4-5H,2-3H2,1H3. The normalized spacial score (nSPS) is 12.2. The number of esters is 1. The highest BCUT2D eigenvalue weighted by Crippen LogP contribution is 2.02. The van der Waals surface area contributed by atoms with Gasteiger partial charge in [0.1, 0.15) is 12.2 Å². The van der Waals surface area contributed by atoms with Gasteiger partial charge < -0.3 is 9.53 Å². The fourth-order valence-electron chi connectivity index (χ4n) is 0.510. The number of hydrogen-bond acceptors (Lipinski definition) is 3. The first-order valence-electron chi connectivity index (χ1n) is 2.85. The molecule has 0 N–H and O–H groups in total. The van der Waals surface area contributed by atoms with Gasteiger partial charge in [-0.2, -0.15) is 0 Å². The average molecular weight is 165 g/mol. The van der Waals surface area contributed by atoms with E-state index in [1.165, 1.54) is 7.11 Å². The van der Waals surface area contributed by atoms with E-state index in [9.17, 15) is 9.59 Å². The number of rotatable bonds is 4. The molecule has 1 atom stereocenters. The predicted molar refractivity (Wildman–Crippen MR) is 36.9 cm³/mol. The molecular weight excluding hydrogens is 156 g/mol. The van der Waals surface area contributed by atoms with Crippen molar-refractivity contribution in [3.63, 3.8) is 0 Å². The van der Waals surface area contributed by atoms with E-state index in [0.717, 1.165) is 0 Å². The fraction of sp³-hybridized carbons (Fsp3) is 0.667. The first kappa shape index (κ1) is 9.43. The molecule has 0 bridgehead atoms. The molecule has 0 saturated carbocycles. The third kappa shape index (κ3) is 2.82. The van der Waals surface area contributed by atoms with Crippen LogP contribution in [0.4, 0.5) is 0 Å². The summed E-state index contributed by atoms with van der Waals surface area (Å²) in [5, 5.41) is 0. The fourth-order valence-corrected chi connectivity index (χ4v) is 0.745. The first-order chi connectivity index (χ1) is 4.76. The molecule has 0 saturated heterocycles. The largest absolute Gasteiger partial charge is 0.468 e. The zero-order valence-electron chi connectivity index (χ0n) is 5.67. The number of alkyl halides is 1. The Morgan fingerprint density at radius 2 is 2.40 bits per heavy atom. The second-order valence-corrected chi connectivity index (χ2v) is 2.12.